The number of hydrogen-bond acceptors (Lipinski definition) is 4. The van der Waals surface area contributed by atoms with Gasteiger partial charge < -0.3 is 11.1 Å². The van der Waals surface area contributed by atoms with Gasteiger partial charge in [-0.3, -0.25) is 14.6 Å². The molecule has 1 aliphatic rings. The summed E-state index contributed by atoms with van der Waals surface area (Å²) in [6.45, 7) is 0.241. The van der Waals surface area contributed by atoms with E-state index in [4.69, 9.17) is 5.73 Å². The van der Waals surface area contributed by atoms with Crippen LogP contribution in [-0.4, -0.2) is 23.6 Å². The van der Waals surface area contributed by atoms with E-state index in [-0.39, 0.29) is 30.4 Å². The molecule has 1 unspecified atom stereocenters. The smallest absolute Gasteiger partial charge is 0.267 e. The largest absolute Gasteiger partial charge is 0.368 e. The number of primary amides is 1. The number of nitrogens with zero attached hydrogens (tertiary/aromatic N) is 2. The molecule has 0 aromatic heterocycles. The van der Waals surface area contributed by atoms with E-state index in [1.807, 2.05) is 18.2 Å². The third kappa shape index (κ3) is 3.82. The molecule has 0 saturated heterocycles. The highest BCUT2D eigenvalue weighted by Gasteiger charge is 2.34. The van der Waals surface area contributed by atoms with Gasteiger partial charge in [-0.1, -0.05) is 30.3 Å². The number of hydrazone groups is 1. The van der Waals surface area contributed by atoms with Crippen molar-refractivity contribution in [2.75, 3.05) is 5.01 Å². The zero-order valence-corrected chi connectivity index (χ0v) is 13.4. The Balaban J connectivity index is 1.71. The lowest BCUT2D eigenvalue weighted by Gasteiger charge is -2.20. The molecule has 2 amide bonds. The standard InChI is InChI=1S/C18H17FN4O2/c19-13-8-6-12(7-9-13)11-21-18(25)15-10-16(17(20)24)23(22-15)14-4-2-1-3-5-14/h1-9,16H,10-11H2,(H2,20,24)(H,21,25). The Morgan fingerprint density at radius 3 is 2.48 bits per heavy atom. The predicted octanol–water partition coefficient (Wildman–Crippen LogP) is 1.56. The van der Waals surface area contributed by atoms with E-state index in [1.165, 1.54) is 17.1 Å². The fraction of sp³-hybridized carbons (Fsp3) is 0.167. The minimum atomic E-state index is -0.700. The normalized spacial score (nSPS) is 16.4. The Morgan fingerprint density at radius 2 is 1.84 bits per heavy atom. The highest BCUT2D eigenvalue weighted by Crippen LogP contribution is 2.24. The number of nitrogens with one attached hydrogen (secondary N) is 1. The van der Waals surface area contributed by atoms with Gasteiger partial charge in [0.25, 0.3) is 5.91 Å². The lowest BCUT2D eigenvalue weighted by molar-refractivity contribution is -0.119. The van der Waals surface area contributed by atoms with Gasteiger partial charge in [0.1, 0.15) is 17.6 Å². The van der Waals surface area contributed by atoms with Gasteiger partial charge in [0, 0.05) is 13.0 Å². The van der Waals surface area contributed by atoms with E-state index >= 15 is 0 Å². The van der Waals surface area contributed by atoms with E-state index in [2.05, 4.69) is 10.4 Å². The molecule has 3 N–H and O–H groups in total. The summed E-state index contributed by atoms with van der Waals surface area (Å²) in [6.07, 6.45) is 0.138. The first-order valence-electron chi connectivity index (χ1n) is 7.78. The summed E-state index contributed by atoms with van der Waals surface area (Å²) in [5.74, 6) is -1.26. The molecule has 128 valence electrons. The number of rotatable bonds is 5. The fourth-order valence-electron chi connectivity index (χ4n) is 2.57. The lowest BCUT2D eigenvalue weighted by Crippen LogP contribution is -2.39. The molecule has 3 rings (SSSR count). The van der Waals surface area contributed by atoms with Crippen LogP contribution in [0.5, 0.6) is 0 Å². The van der Waals surface area contributed by atoms with Gasteiger partial charge in [-0.15, -0.1) is 0 Å². The Labute approximate surface area is 144 Å². The Kier molecular flexibility index (Phi) is 4.74. The zero-order valence-electron chi connectivity index (χ0n) is 13.4. The Hall–Kier alpha value is -3.22. The van der Waals surface area contributed by atoms with Crippen molar-refractivity contribution in [1.82, 2.24) is 5.32 Å². The topological polar surface area (TPSA) is 87.8 Å². The number of hydrogen-bond donors (Lipinski definition) is 2. The summed E-state index contributed by atoms with van der Waals surface area (Å²) in [4.78, 5) is 24.0. The monoisotopic (exact) mass is 340 g/mol. The molecule has 0 radical (unpaired) electrons. The Bertz CT molecular complexity index is 806. The van der Waals surface area contributed by atoms with Crippen LogP contribution in [0.25, 0.3) is 0 Å². The van der Waals surface area contributed by atoms with Crippen LogP contribution in [0.2, 0.25) is 0 Å². The van der Waals surface area contributed by atoms with Crippen LogP contribution in [0.4, 0.5) is 10.1 Å². The van der Waals surface area contributed by atoms with E-state index in [0.29, 0.717) is 5.69 Å². The first-order valence-corrected chi connectivity index (χ1v) is 7.78. The third-order valence-electron chi connectivity index (χ3n) is 3.89. The molecule has 6 nitrogen and oxygen atoms in total. The summed E-state index contributed by atoms with van der Waals surface area (Å²) >= 11 is 0. The predicted molar refractivity (Wildman–Crippen MR) is 92.2 cm³/mol. The molecule has 0 spiro atoms. The first-order chi connectivity index (χ1) is 12.0. The van der Waals surface area contributed by atoms with E-state index in [1.54, 1.807) is 24.3 Å². The number of carbonyl (C=O) groups is 2. The molecular formula is C18H17FN4O2. The molecule has 0 fully saturated rings. The summed E-state index contributed by atoms with van der Waals surface area (Å²) in [5.41, 5.74) is 7.13. The lowest BCUT2D eigenvalue weighted by atomic mass is 10.1. The summed E-state index contributed by atoms with van der Waals surface area (Å²) in [6, 6.07) is 14.2. The molecule has 0 aliphatic carbocycles. The average Bonchev–Trinajstić information content (AvgIpc) is 3.07. The molecule has 1 heterocycles. The van der Waals surface area contributed by atoms with Gasteiger partial charge in [-0.25, -0.2) is 4.39 Å². The molecule has 1 atom stereocenters. The van der Waals surface area contributed by atoms with Gasteiger partial charge >= 0.3 is 0 Å². The molecular weight excluding hydrogens is 323 g/mol. The van der Waals surface area contributed by atoms with Crippen molar-refractivity contribution in [2.45, 2.75) is 19.0 Å². The zero-order chi connectivity index (χ0) is 17.8. The molecule has 0 saturated carbocycles. The maximum absolute atomic E-state index is 12.9. The molecule has 0 bridgehead atoms. The van der Waals surface area contributed by atoms with Gasteiger partial charge in [0.15, 0.2) is 0 Å². The minimum Gasteiger partial charge on any atom is -0.368 e. The van der Waals surface area contributed by atoms with Gasteiger partial charge in [0.2, 0.25) is 5.91 Å². The van der Waals surface area contributed by atoms with Gasteiger partial charge in [0.05, 0.1) is 5.69 Å². The molecule has 25 heavy (non-hydrogen) atoms. The highest BCUT2D eigenvalue weighted by atomic mass is 19.1. The van der Waals surface area contributed by atoms with Crippen LogP contribution in [0.3, 0.4) is 0 Å². The van der Waals surface area contributed by atoms with Crippen molar-refractivity contribution in [3.8, 4) is 0 Å². The number of anilines is 1. The SMILES string of the molecule is NC(=O)C1CC(C(=O)NCc2ccc(F)cc2)=NN1c1ccccc1. The molecule has 2 aromatic carbocycles. The number of amides is 2. The summed E-state index contributed by atoms with van der Waals surface area (Å²) in [7, 11) is 0. The second kappa shape index (κ2) is 7.12. The van der Waals surface area contributed by atoms with Crippen LogP contribution < -0.4 is 16.1 Å². The molecule has 2 aromatic rings. The second-order valence-electron chi connectivity index (χ2n) is 5.66. The van der Waals surface area contributed by atoms with Crippen LogP contribution in [-0.2, 0) is 16.1 Å². The number of halogens is 1. The van der Waals surface area contributed by atoms with Crippen molar-refractivity contribution in [2.24, 2.45) is 10.8 Å². The van der Waals surface area contributed by atoms with E-state index in [0.717, 1.165) is 5.56 Å². The minimum absolute atomic E-state index is 0.138. The van der Waals surface area contributed by atoms with Crippen LogP contribution >= 0.6 is 0 Å². The number of nitrogens with two attached hydrogens (primary N) is 1. The number of benzene rings is 2. The number of para-hydroxylation sites is 1. The average molecular weight is 340 g/mol. The van der Waals surface area contributed by atoms with E-state index in [9.17, 15) is 14.0 Å². The van der Waals surface area contributed by atoms with Crippen molar-refractivity contribution < 1.29 is 14.0 Å². The van der Waals surface area contributed by atoms with Gasteiger partial charge in [-0.05, 0) is 29.8 Å². The van der Waals surface area contributed by atoms with E-state index < -0.39 is 11.9 Å². The second-order valence-corrected chi connectivity index (χ2v) is 5.66. The fourth-order valence-corrected chi connectivity index (χ4v) is 2.57. The Morgan fingerprint density at radius 1 is 1.16 bits per heavy atom. The summed E-state index contributed by atoms with van der Waals surface area (Å²) in [5, 5.41) is 8.45. The van der Waals surface area contributed by atoms with Crippen molar-refractivity contribution in [3.63, 3.8) is 0 Å². The maximum Gasteiger partial charge on any atom is 0.267 e. The highest BCUT2D eigenvalue weighted by molar-refractivity contribution is 6.40. The van der Waals surface area contributed by atoms with Crippen molar-refractivity contribution in [1.29, 1.82) is 0 Å². The third-order valence-corrected chi connectivity index (χ3v) is 3.89. The van der Waals surface area contributed by atoms with Crippen molar-refractivity contribution >= 4 is 23.2 Å². The first kappa shape index (κ1) is 16.6. The molecule has 7 heteroatoms. The number of carbonyl (C=O) groups excluding carboxylic acids is 2. The van der Waals surface area contributed by atoms with Crippen LogP contribution in [0.1, 0.15) is 12.0 Å². The maximum atomic E-state index is 12.9. The summed E-state index contributed by atoms with van der Waals surface area (Å²) < 4.78 is 12.9. The van der Waals surface area contributed by atoms with Gasteiger partial charge in [-0.2, -0.15) is 5.10 Å². The van der Waals surface area contributed by atoms with Crippen LogP contribution in [0.15, 0.2) is 59.7 Å². The quantitative estimate of drug-likeness (QED) is 0.866. The van der Waals surface area contributed by atoms with Crippen LogP contribution in [0, 0.1) is 5.82 Å². The van der Waals surface area contributed by atoms with Crippen molar-refractivity contribution in [3.05, 3.63) is 66.0 Å². The molecule has 1 aliphatic heterocycles.